The maximum Gasteiger partial charge on any atom is 0.241 e. The van der Waals surface area contributed by atoms with Crippen LogP contribution in [0.1, 0.15) is 24.4 Å². The molecule has 7 heteroatoms. The maximum absolute atomic E-state index is 13.7. The molecule has 3 aromatic carbocycles. The summed E-state index contributed by atoms with van der Waals surface area (Å²) >= 11 is 12.6. The normalized spacial score (nSPS) is 14.9. The summed E-state index contributed by atoms with van der Waals surface area (Å²) in [5, 5.41) is 10.6. The second-order valence-corrected chi connectivity index (χ2v) is 10.1. The van der Waals surface area contributed by atoms with Crippen molar-refractivity contribution in [3.63, 3.8) is 0 Å². The summed E-state index contributed by atoms with van der Waals surface area (Å²) in [6.07, 6.45) is 2.33. The Bertz CT molecular complexity index is 1160. The van der Waals surface area contributed by atoms with Gasteiger partial charge in [0.2, 0.25) is 5.91 Å². The van der Waals surface area contributed by atoms with Gasteiger partial charge in [0.25, 0.3) is 0 Å². The van der Waals surface area contributed by atoms with Crippen LogP contribution in [-0.4, -0.2) is 61.1 Å². The molecule has 3 aromatic rings. The number of phenols is 1. The van der Waals surface area contributed by atoms with Crippen molar-refractivity contribution in [2.45, 2.75) is 18.9 Å². The average Bonchev–Trinajstić information content (AvgIpc) is 3.34. The average molecular weight is 512 g/mol. The predicted molar refractivity (Wildman–Crippen MR) is 144 cm³/mol. The molecule has 1 aliphatic rings. The quantitative estimate of drug-likeness (QED) is 0.397. The van der Waals surface area contributed by atoms with E-state index in [1.54, 1.807) is 24.3 Å². The molecule has 0 radical (unpaired) electrons. The Kier molecular flexibility index (Phi) is 8.34. The molecule has 1 heterocycles. The topological polar surface area (TPSA) is 47.0 Å². The van der Waals surface area contributed by atoms with E-state index in [2.05, 4.69) is 17.0 Å². The number of amides is 1. The molecular weight excluding hydrogens is 481 g/mol. The van der Waals surface area contributed by atoms with Crippen LogP contribution in [0.15, 0.2) is 66.7 Å². The largest absolute Gasteiger partial charge is 0.508 e. The summed E-state index contributed by atoms with van der Waals surface area (Å²) < 4.78 is 0. The standard InChI is InChI=1S/C28H31Cl2N3O2/c1-31(2)19-28(35)33(23-10-13-25(29)26(30)17-23)27(18-32-14-3-4-15-32)22-7-5-6-21(16-22)20-8-11-24(34)12-9-20/h5-13,16-17,27,34H,3-4,14-15,18-19H2,1-2H3. The Hall–Kier alpha value is -2.57. The molecule has 184 valence electrons. The molecule has 35 heavy (non-hydrogen) atoms. The summed E-state index contributed by atoms with van der Waals surface area (Å²) in [5.41, 5.74) is 3.81. The molecule has 0 spiro atoms. The fraction of sp³-hybridized carbons (Fsp3) is 0.321. The molecule has 0 aromatic heterocycles. The van der Waals surface area contributed by atoms with E-state index < -0.39 is 0 Å². The fourth-order valence-corrected chi connectivity index (χ4v) is 4.90. The summed E-state index contributed by atoms with van der Waals surface area (Å²) in [5.74, 6) is 0.226. The van der Waals surface area contributed by atoms with Crippen LogP contribution in [0.3, 0.4) is 0 Å². The third kappa shape index (κ3) is 6.36. The van der Waals surface area contributed by atoms with Crippen LogP contribution in [0.2, 0.25) is 10.0 Å². The van der Waals surface area contributed by atoms with E-state index in [1.165, 1.54) is 12.8 Å². The zero-order valence-electron chi connectivity index (χ0n) is 20.1. The highest BCUT2D eigenvalue weighted by atomic mass is 35.5. The van der Waals surface area contributed by atoms with E-state index in [-0.39, 0.29) is 24.2 Å². The Morgan fingerprint density at radius 1 is 0.943 bits per heavy atom. The van der Waals surface area contributed by atoms with Gasteiger partial charge in [-0.05, 0) is 93.1 Å². The Labute approximate surface area is 217 Å². The minimum Gasteiger partial charge on any atom is -0.508 e. The Morgan fingerprint density at radius 2 is 1.66 bits per heavy atom. The lowest BCUT2D eigenvalue weighted by atomic mass is 9.97. The number of anilines is 1. The van der Waals surface area contributed by atoms with E-state index in [9.17, 15) is 9.90 Å². The van der Waals surface area contributed by atoms with E-state index in [1.807, 2.05) is 54.2 Å². The van der Waals surface area contributed by atoms with Crippen LogP contribution in [0, 0.1) is 0 Å². The van der Waals surface area contributed by atoms with Gasteiger partial charge in [-0.25, -0.2) is 0 Å². The summed E-state index contributed by atoms with van der Waals surface area (Å²) in [7, 11) is 3.79. The first-order chi connectivity index (χ1) is 16.8. The second kappa shape index (κ2) is 11.4. The number of rotatable bonds is 8. The van der Waals surface area contributed by atoms with Gasteiger partial charge in [-0.3, -0.25) is 4.79 Å². The zero-order valence-corrected chi connectivity index (χ0v) is 21.6. The van der Waals surface area contributed by atoms with Crippen molar-refractivity contribution >= 4 is 34.8 Å². The molecule has 0 bridgehead atoms. The minimum absolute atomic E-state index is 0.00683. The number of benzene rings is 3. The van der Waals surface area contributed by atoms with E-state index in [0.29, 0.717) is 10.0 Å². The summed E-state index contributed by atoms with van der Waals surface area (Å²) in [4.78, 5) is 19.9. The zero-order chi connectivity index (χ0) is 24.9. The number of carbonyl (C=O) groups is 1. The number of aromatic hydroxyl groups is 1. The van der Waals surface area contributed by atoms with Crippen LogP contribution in [0.4, 0.5) is 5.69 Å². The van der Waals surface area contributed by atoms with Gasteiger partial charge in [0.05, 0.1) is 22.6 Å². The number of likely N-dealkylation sites (tertiary alicyclic amines) is 1. The smallest absolute Gasteiger partial charge is 0.241 e. The van der Waals surface area contributed by atoms with Crippen molar-refractivity contribution in [3.8, 4) is 16.9 Å². The first-order valence-electron chi connectivity index (χ1n) is 11.9. The van der Waals surface area contributed by atoms with E-state index in [0.717, 1.165) is 42.0 Å². The highest BCUT2D eigenvalue weighted by Crippen LogP contribution is 2.35. The monoisotopic (exact) mass is 511 g/mol. The number of halogens is 2. The number of likely N-dealkylation sites (N-methyl/N-ethyl adjacent to an activating group) is 1. The van der Waals surface area contributed by atoms with E-state index >= 15 is 0 Å². The second-order valence-electron chi connectivity index (χ2n) is 9.30. The number of nitrogens with zero attached hydrogens (tertiary/aromatic N) is 3. The van der Waals surface area contributed by atoms with Crippen molar-refractivity contribution in [1.29, 1.82) is 0 Å². The van der Waals surface area contributed by atoms with Crippen LogP contribution >= 0.6 is 23.2 Å². The highest BCUT2D eigenvalue weighted by molar-refractivity contribution is 6.42. The van der Waals surface area contributed by atoms with Crippen LogP contribution in [0.25, 0.3) is 11.1 Å². The van der Waals surface area contributed by atoms with Crippen molar-refractivity contribution in [2.24, 2.45) is 0 Å². The summed E-state index contributed by atoms with van der Waals surface area (Å²) in [6, 6.07) is 20.6. The van der Waals surface area contributed by atoms with Gasteiger partial charge in [0.1, 0.15) is 5.75 Å². The Morgan fingerprint density at radius 3 is 2.31 bits per heavy atom. The van der Waals surface area contributed by atoms with Gasteiger partial charge in [-0.15, -0.1) is 0 Å². The fourth-order valence-electron chi connectivity index (χ4n) is 4.60. The molecule has 1 unspecified atom stereocenters. The van der Waals surface area contributed by atoms with Crippen molar-refractivity contribution in [3.05, 3.63) is 82.3 Å². The molecule has 5 nitrogen and oxygen atoms in total. The summed E-state index contributed by atoms with van der Waals surface area (Å²) in [6.45, 7) is 3.03. The molecule has 1 N–H and O–H groups in total. The van der Waals surface area contributed by atoms with Crippen molar-refractivity contribution < 1.29 is 9.90 Å². The first kappa shape index (κ1) is 25.5. The minimum atomic E-state index is -0.213. The van der Waals surface area contributed by atoms with Crippen LogP contribution in [-0.2, 0) is 4.79 Å². The molecule has 1 fully saturated rings. The van der Waals surface area contributed by atoms with E-state index in [4.69, 9.17) is 23.2 Å². The number of hydrogen-bond donors (Lipinski definition) is 1. The van der Waals surface area contributed by atoms with Gasteiger partial charge in [0.15, 0.2) is 0 Å². The number of hydrogen-bond acceptors (Lipinski definition) is 4. The first-order valence-corrected chi connectivity index (χ1v) is 12.6. The van der Waals surface area contributed by atoms with Gasteiger partial charge in [-0.1, -0.05) is 53.5 Å². The molecule has 1 saturated heterocycles. The van der Waals surface area contributed by atoms with Crippen LogP contribution in [0.5, 0.6) is 5.75 Å². The van der Waals surface area contributed by atoms with Gasteiger partial charge in [-0.2, -0.15) is 0 Å². The molecular formula is C28H31Cl2N3O2. The molecule has 0 aliphatic carbocycles. The van der Waals surface area contributed by atoms with Crippen molar-refractivity contribution in [2.75, 3.05) is 45.2 Å². The SMILES string of the molecule is CN(C)CC(=O)N(c1ccc(Cl)c(Cl)c1)C(CN1CCCC1)c1cccc(-c2ccc(O)cc2)c1. The van der Waals surface area contributed by atoms with Gasteiger partial charge in [0, 0.05) is 12.2 Å². The lowest BCUT2D eigenvalue weighted by Gasteiger charge is -2.36. The number of carbonyl (C=O) groups excluding carboxylic acids is 1. The third-order valence-electron chi connectivity index (χ3n) is 6.32. The molecule has 1 atom stereocenters. The predicted octanol–water partition coefficient (Wildman–Crippen LogP) is 6.10. The molecule has 4 rings (SSSR count). The van der Waals surface area contributed by atoms with Gasteiger partial charge < -0.3 is 19.8 Å². The molecule has 1 aliphatic heterocycles. The highest BCUT2D eigenvalue weighted by Gasteiger charge is 2.30. The lowest BCUT2D eigenvalue weighted by molar-refractivity contribution is -0.119. The number of phenolic OH excluding ortho intramolecular Hbond substituents is 1. The third-order valence-corrected chi connectivity index (χ3v) is 7.05. The molecule has 0 saturated carbocycles. The Balaban J connectivity index is 1.80. The van der Waals surface area contributed by atoms with Crippen molar-refractivity contribution in [1.82, 2.24) is 9.80 Å². The maximum atomic E-state index is 13.7. The molecule has 1 amide bonds. The lowest BCUT2D eigenvalue weighted by Crippen LogP contribution is -2.44. The van der Waals surface area contributed by atoms with Crippen LogP contribution < -0.4 is 4.90 Å². The van der Waals surface area contributed by atoms with Gasteiger partial charge >= 0.3 is 0 Å².